The van der Waals surface area contributed by atoms with Crippen LogP contribution in [0.1, 0.15) is 31.7 Å². The maximum atomic E-state index is 3.71. The van der Waals surface area contributed by atoms with Gasteiger partial charge in [-0.25, -0.2) is 0 Å². The molecule has 2 atom stereocenters. The standard InChI is InChI=1S/C12H15Br/c1-12(8-7-11(13)9-12)10-5-3-2-4-6-10/h2-6,11H,7-9H2,1H3. The van der Waals surface area contributed by atoms with Crippen molar-refractivity contribution < 1.29 is 0 Å². The molecular weight excluding hydrogens is 224 g/mol. The quantitative estimate of drug-likeness (QED) is 0.652. The van der Waals surface area contributed by atoms with Gasteiger partial charge in [0.05, 0.1) is 0 Å². The van der Waals surface area contributed by atoms with Crippen LogP contribution in [0.15, 0.2) is 30.3 Å². The molecule has 0 aromatic heterocycles. The third-order valence-electron chi connectivity index (χ3n) is 3.15. The molecule has 0 radical (unpaired) electrons. The Morgan fingerprint density at radius 3 is 2.54 bits per heavy atom. The summed E-state index contributed by atoms with van der Waals surface area (Å²) in [5, 5.41) is 0. The first kappa shape index (κ1) is 9.26. The maximum Gasteiger partial charge on any atom is 0.0154 e. The molecule has 1 aromatic carbocycles. The van der Waals surface area contributed by atoms with Crippen LogP contribution in [-0.4, -0.2) is 4.83 Å². The van der Waals surface area contributed by atoms with Gasteiger partial charge in [0.15, 0.2) is 0 Å². The number of benzene rings is 1. The van der Waals surface area contributed by atoms with Gasteiger partial charge in [0, 0.05) is 4.83 Å². The number of rotatable bonds is 1. The van der Waals surface area contributed by atoms with Crippen molar-refractivity contribution in [2.45, 2.75) is 36.4 Å². The summed E-state index contributed by atoms with van der Waals surface area (Å²) in [5.74, 6) is 0. The van der Waals surface area contributed by atoms with E-state index in [9.17, 15) is 0 Å². The topological polar surface area (TPSA) is 0 Å². The average molecular weight is 239 g/mol. The molecule has 2 unspecified atom stereocenters. The van der Waals surface area contributed by atoms with E-state index in [0.717, 1.165) is 4.83 Å². The van der Waals surface area contributed by atoms with E-state index in [1.807, 2.05) is 0 Å². The van der Waals surface area contributed by atoms with Gasteiger partial charge in [0.2, 0.25) is 0 Å². The first-order chi connectivity index (χ1) is 6.21. The van der Waals surface area contributed by atoms with E-state index in [1.54, 1.807) is 0 Å². The summed E-state index contributed by atoms with van der Waals surface area (Å²) in [6.45, 7) is 2.38. The molecule has 1 aliphatic carbocycles. The van der Waals surface area contributed by atoms with Crippen molar-refractivity contribution in [1.29, 1.82) is 0 Å². The van der Waals surface area contributed by atoms with Crippen molar-refractivity contribution in [2.24, 2.45) is 0 Å². The van der Waals surface area contributed by atoms with E-state index in [0.29, 0.717) is 5.41 Å². The van der Waals surface area contributed by atoms with E-state index in [2.05, 4.69) is 53.2 Å². The van der Waals surface area contributed by atoms with E-state index in [1.165, 1.54) is 24.8 Å². The zero-order chi connectivity index (χ0) is 9.31. The molecule has 0 amide bonds. The van der Waals surface area contributed by atoms with Crippen LogP contribution in [0.5, 0.6) is 0 Å². The van der Waals surface area contributed by atoms with Crippen molar-refractivity contribution in [2.75, 3.05) is 0 Å². The molecule has 70 valence electrons. The van der Waals surface area contributed by atoms with Gasteiger partial charge in [0.1, 0.15) is 0 Å². The second-order valence-electron chi connectivity index (χ2n) is 4.27. The average Bonchev–Trinajstić information content (AvgIpc) is 2.49. The number of hydrogen-bond donors (Lipinski definition) is 0. The van der Waals surface area contributed by atoms with Gasteiger partial charge in [-0.3, -0.25) is 0 Å². The Labute approximate surface area is 88.5 Å². The van der Waals surface area contributed by atoms with Gasteiger partial charge >= 0.3 is 0 Å². The predicted octanol–water partition coefficient (Wildman–Crippen LogP) is 3.89. The Balaban J connectivity index is 2.26. The minimum Gasteiger partial charge on any atom is -0.0890 e. The molecule has 1 fully saturated rings. The van der Waals surface area contributed by atoms with Crippen LogP contribution >= 0.6 is 15.9 Å². The third-order valence-corrected chi connectivity index (χ3v) is 3.93. The summed E-state index contributed by atoms with van der Waals surface area (Å²) in [5.41, 5.74) is 1.91. The van der Waals surface area contributed by atoms with Crippen LogP contribution in [0, 0.1) is 0 Å². The van der Waals surface area contributed by atoms with Gasteiger partial charge in [-0.05, 0) is 30.2 Å². The van der Waals surface area contributed by atoms with Crippen LogP contribution in [0.2, 0.25) is 0 Å². The molecule has 1 aliphatic rings. The predicted molar refractivity (Wildman–Crippen MR) is 60.4 cm³/mol. The van der Waals surface area contributed by atoms with Gasteiger partial charge < -0.3 is 0 Å². The minimum atomic E-state index is 0.412. The minimum absolute atomic E-state index is 0.412. The van der Waals surface area contributed by atoms with Crippen molar-refractivity contribution in [3.05, 3.63) is 35.9 Å². The second-order valence-corrected chi connectivity index (χ2v) is 5.56. The SMILES string of the molecule is CC1(c2ccccc2)CCC(Br)C1. The second kappa shape index (κ2) is 3.45. The Bertz CT molecular complexity index is 280. The van der Waals surface area contributed by atoms with Crippen LogP contribution < -0.4 is 0 Å². The summed E-state index contributed by atoms with van der Waals surface area (Å²) < 4.78 is 0. The van der Waals surface area contributed by atoms with Gasteiger partial charge in [-0.15, -0.1) is 0 Å². The fourth-order valence-electron chi connectivity index (χ4n) is 2.27. The molecule has 0 aliphatic heterocycles. The van der Waals surface area contributed by atoms with Gasteiger partial charge in [-0.1, -0.05) is 53.2 Å². The first-order valence-corrected chi connectivity index (χ1v) is 5.82. The lowest BCUT2D eigenvalue weighted by Gasteiger charge is -2.24. The Hall–Kier alpha value is -0.300. The van der Waals surface area contributed by atoms with Gasteiger partial charge in [-0.2, -0.15) is 0 Å². The molecule has 13 heavy (non-hydrogen) atoms. The summed E-state index contributed by atoms with van der Waals surface area (Å²) in [7, 11) is 0. The zero-order valence-electron chi connectivity index (χ0n) is 7.96. The zero-order valence-corrected chi connectivity index (χ0v) is 9.55. The summed E-state index contributed by atoms with van der Waals surface area (Å²) in [4.78, 5) is 0.720. The molecule has 0 spiro atoms. The van der Waals surface area contributed by atoms with Crippen LogP contribution in [0.25, 0.3) is 0 Å². The van der Waals surface area contributed by atoms with Crippen molar-refractivity contribution in [3.63, 3.8) is 0 Å². The largest absolute Gasteiger partial charge is 0.0890 e. The van der Waals surface area contributed by atoms with Crippen molar-refractivity contribution in [1.82, 2.24) is 0 Å². The van der Waals surface area contributed by atoms with E-state index in [-0.39, 0.29) is 0 Å². The molecule has 2 rings (SSSR count). The molecular formula is C12H15Br. The Morgan fingerprint density at radius 2 is 2.00 bits per heavy atom. The lowest BCUT2D eigenvalue weighted by atomic mass is 9.81. The molecule has 0 N–H and O–H groups in total. The van der Waals surface area contributed by atoms with Crippen LogP contribution in [-0.2, 0) is 5.41 Å². The highest BCUT2D eigenvalue weighted by Crippen LogP contribution is 2.43. The highest BCUT2D eigenvalue weighted by atomic mass is 79.9. The Kier molecular flexibility index (Phi) is 2.46. The number of halogens is 1. The number of hydrogen-bond acceptors (Lipinski definition) is 0. The summed E-state index contributed by atoms with van der Waals surface area (Å²) in [6.07, 6.45) is 3.90. The van der Waals surface area contributed by atoms with E-state index >= 15 is 0 Å². The summed E-state index contributed by atoms with van der Waals surface area (Å²) >= 11 is 3.71. The fraction of sp³-hybridized carbons (Fsp3) is 0.500. The molecule has 0 nitrogen and oxygen atoms in total. The van der Waals surface area contributed by atoms with Gasteiger partial charge in [0.25, 0.3) is 0 Å². The lowest BCUT2D eigenvalue weighted by molar-refractivity contribution is 0.493. The monoisotopic (exact) mass is 238 g/mol. The summed E-state index contributed by atoms with van der Waals surface area (Å²) in [6, 6.07) is 10.9. The lowest BCUT2D eigenvalue weighted by Crippen LogP contribution is -2.17. The fourth-order valence-corrected chi connectivity index (χ4v) is 3.21. The third kappa shape index (κ3) is 1.80. The molecule has 1 heteroatoms. The van der Waals surface area contributed by atoms with E-state index < -0.39 is 0 Å². The molecule has 0 heterocycles. The Morgan fingerprint density at radius 1 is 1.31 bits per heavy atom. The first-order valence-electron chi connectivity index (χ1n) is 4.90. The van der Waals surface area contributed by atoms with Crippen molar-refractivity contribution >= 4 is 15.9 Å². The van der Waals surface area contributed by atoms with E-state index in [4.69, 9.17) is 0 Å². The normalized spacial score (nSPS) is 33.5. The van der Waals surface area contributed by atoms with Crippen LogP contribution in [0.3, 0.4) is 0 Å². The highest BCUT2D eigenvalue weighted by molar-refractivity contribution is 9.09. The molecule has 1 saturated carbocycles. The smallest absolute Gasteiger partial charge is 0.0154 e. The van der Waals surface area contributed by atoms with Crippen LogP contribution in [0.4, 0.5) is 0 Å². The highest BCUT2D eigenvalue weighted by Gasteiger charge is 2.34. The molecule has 0 saturated heterocycles. The maximum absolute atomic E-state index is 3.71. The number of alkyl halides is 1. The molecule has 1 aromatic rings. The molecule has 0 bridgehead atoms. The van der Waals surface area contributed by atoms with Crippen molar-refractivity contribution in [3.8, 4) is 0 Å².